The highest BCUT2D eigenvalue weighted by atomic mass is 35.5. The van der Waals surface area contributed by atoms with Gasteiger partial charge in [0, 0.05) is 16.7 Å². The number of ether oxygens (including phenoxy) is 1. The van der Waals surface area contributed by atoms with Gasteiger partial charge in [0.15, 0.2) is 0 Å². The SMILES string of the molecule is CC1(C#Cc2cc(NC(=O)Oc3ccccc3)ccc2Cl)CC1. The van der Waals surface area contributed by atoms with Gasteiger partial charge in [0.05, 0.1) is 5.02 Å². The van der Waals surface area contributed by atoms with E-state index in [1.807, 2.05) is 6.07 Å². The zero-order chi connectivity index (χ0) is 16.3. The van der Waals surface area contributed by atoms with E-state index in [0.717, 1.165) is 12.8 Å². The number of hydrogen-bond acceptors (Lipinski definition) is 2. The Bertz CT molecular complexity index is 786. The van der Waals surface area contributed by atoms with Gasteiger partial charge in [-0.25, -0.2) is 4.79 Å². The van der Waals surface area contributed by atoms with Gasteiger partial charge < -0.3 is 4.74 Å². The van der Waals surface area contributed by atoms with E-state index in [2.05, 4.69) is 24.1 Å². The van der Waals surface area contributed by atoms with E-state index in [0.29, 0.717) is 22.0 Å². The highest BCUT2D eigenvalue weighted by Crippen LogP contribution is 2.44. The Balaban J connectivity index is 1.70. The van der Waals surface area contributed by atoms with Crippen LogP contribution in [0.25, 0.3) is 0 Å². The first-order chi connectivity index (χ1) is 11.0. The molecule has 0 spiro atoms. The third kappa shape index (κ3) is 4.28. The summed E-state index contributed by atoms with van der Waals surface area (Å²) < 4.78 is 5.19. The zero-order valence-corrected chi connectivity index (χ0v) is 13.5. The Kier molecular flexibility index (Phi) is 4.27. The molecular weight excluding hydrogens is 310 g/mol. The lowest BCUT2D eigenvalue weighted by Crippen LogP contribution is -2.16. The average molecular weight is 326 g/mol. The Morgan fingerprint density at radius 1 is 1.22 bits per heavy atom. The van der Waals surface area contributed by atoms with Crippen LogP contribution in [-0.4, -0.2) is 6.09 Å². The molecule has 1 saturated carbocycles. The van der Waals surface area contributed by atoms with Crippen molar-refractivity contribution in [2.75, 3.05) is 5.32 Å². The van der Waals surface area contributed by atoms with Crippen molar-refractivity contribution in [2.24, 2.45) is 5.41 Å². The molecule has 2 aromatic rings. The van der Waals surface area contributed by atoms with Gasteiger partial charge in [-0.3, -0.25) is 5.32 Å². The van der Waals surface area contributed by atoms with Gasteiger partial charge in [0.1, 0.15) is 5.75 Å². The van der Waals surface area contributed by atoms with Crippen molar-refractivity contribution >= 4 is 23.4 Å². The topological polar surface area (TPSA) is 38.3 Å². The summed E-state index contributed by atoms with van der Waals surface area (Å²) in [5.41, 5.74) is 1.43. The van der Waals surface area contributed by atoms with Crippen molar-refractivity contribution in [3.63, 3.8) is 0 Å². The lowest BCUT2D eigenvalue weighted by atomic mass is 10.1. The highest BCUT2D eigenvalue weighted by Gasteiger charge is 2.35. The predicted molar refractivity (Wildman–Crippen MR) is 91.8 cm³/mol. The first-order valence-electron chi connectivity index (χ1n) is 7.41. The number of anilines is 1. The quantitative estimate of drug-likeness (QED) is 0.780. The summed E-state index contributed by atoms with van der Waals surface area (Å²) in [6.07, 6.45) is 1.70. The fraction of sp³-hybridized carbons (Fsp3) is 0.211. The van der Waals surface area contributed by atoms with Gasteiger partial charge in [-0.15, -0.1) is 0 Å². The van der Waals surface area contributed by atoms with Crippen LogP contribution < -0.4 is 10.1 Å². The Morgan fingerprint density at radius 3 is 2.65 bits per heavy atom. The molecule has 116 valence electrons. The molecule has 0 radical (unpaired) electrons. The van der Waals surface area contributed by atoms with Crippen molar-refractivity contribution in [2.45, 2.75) is 19.8 Å². The summed E-state index contributed by atoms with van der Waals surface area (Å²) in [5.74, 6) is 6.82. The van der Waals surface area contributed by atoms with E-state index in [4.69, 9.17) is 16.3 Å². The largest absolute Gasteiger partial charge is 0.417 e. The lowest BCUT2D eigenvalue weighted by molar-refractivity contribution is 0.215. The molecule has 0 aliphatic heterocycles. The van der Waals surface area contributed by atoms with Gasteiger partial charge in [-0.05, 0) is 50.1 Å². The van der Waals surface area contributed by atoms with Crippen LogP contribution in [0.15, 0.2) is 48.5 Å². The molecule has 1 amide bonds. The molecule has 0 aromatic heterocycles. The molecular formula is C19H16ClNO2. The average Bonchev–Trinajstić information content (AvgIpc) is 3.27. The predicted octanol–water partition coefficient (Wildman–Crippen LogP) is 5.10. The minimum Gasteiger partial charge on any atom is -0.410 e. The van der Waals surface area contributed by atoms with E-state index in [1.54, 1.807) is 42.5 Å². The van der Waals surface area contributed by atoms with Crippen LogP contribution in [0.4, 0.5) is 10.5 Å². The van der Waals surface area contributed by atoms with Crippen LogP contribution in [0, 0.1) is 17.3 Å². The molecule has 0 heterocycles. The number of amides is 1. The second kappa shape index (κ2) is 6.36. The number of nitrogens with one attached hydrogen (secondary N) is 1. The molecule has 3 nitrogen and oxygen atoms in total. The first-order valence-corrected chi connectivity index (χ1v) is 7.79. The molecule has 0 bridgehead atoms. The molecule has 23 heavy (non-hydrogen) atoms. The maximum atomic E-state index is 11.9. The van der Waals surface area contributed by atoms with Crippen LogP contribution in [0.3, 0.4) is 0 Å². The van der Waals surface area contributed by atoms with E-state index >= 15 is 0 Å². The molecule has 0 unspecified atom stereocenters. The summed E-state index contributed by atoms with van der Waals surface area (Å²) in [4.78, 5) is 11.9. The van der Waals surface area contributed by atoms with Gasteiger partial charge in [0.2, 0.25) is 0 Å². The van der Waals surface area contributed by atoms with Crippen LogP contribution in [0.2, 0.25) is 5.02 Å². The monoisotopic (exact) mass is 325 g/mol. The summed E-state index contributed by atoms with van der Waals surface area (Å²) in [6.45, 7) is 2.13. The third-order valence-corrected chi connectivity index (χ3v) is 4.00. The number of benzene rings is 2. The normalized spacial score (nSPS) is 14.3. The molecule has 0 atom stereocenters. The summed E-state index contributed by atoms with van der Waals surface area (Å²) in [6, 6.07) is 14.1. The second-order valence-corrected chi connectivity index (χ2v) is 6.24. The third-order valence-electron chi connectivity index (χ3n) is 3.67. The Morgan fingerprint density at radius 2 is 1.96 bits per heavy atom. The number of carbonyl (C=O) groups is 1. The van der Waals surface area contributed by atoms with E-state index < -0.39 is 6.09 Å². The van der Waals surface area contributed by atoms with Gasteiger partial charge in [-0.1, -0.05) is 41.6 Å². The van der Waals surface area contributed by atoms with Crippen LogP contribution in [0.1, 0.15) is 25.3 Å². The smallest absolute Gasteiger partial charge is 0.410 e. The Labute approximate surface area is 140 Å². The van der Waals surface area contributed by atoms with Crippen molar-refractivity contribution in [1.82, 2.24) is 0 Å². The summed E-state index contributed by atoms with van der Waals surface area (Å²) in [5, 5.41) is 3.26. The molecule has 1 N–H and O–H groups in total. The van der Waals surface area contributed by atoms with Crippen molar-refractivity contribution in [3.05, 3.63) is 59.1 Å². The van der Waals surface area contributed by atoms with Gasteiger partial charge >= 0.3 is 6.09 Å². The summed E-state index contributed by atoms with van der Waals surface area (Å²) >= 11 is 6.17. The van der Waals surface area contributed by atoms with Crippen molar-refractivity contribution in [1.29, 1.82) is 0 Å². The fourth-order valence-electron chi connectivity index (χ4n) is 1.97. The maximum absolute atomic E-state index is 11.9. The number of hydrogen-bond donors (Lipinski definition) is 1. The van der Waals surface area contributed by atoms with Crippen LogP contribution in [0.5, 0.6) is 5.75 Å². The minimum atomic E-state index is -0.549. The van der Waals surface area contributed by atoms with Crippen LogP contribution in [-0.2, 0) is 0 Å². The molecule has 1 aliphatic rings. The highest BCUT2D eigenvalue weighted by molar-refractivity contribution is 6.31. The molecule has 4 heteroatoms. The first kappa shape index (κ1) is 15.5. The van der Waals surface area contributed by atoms with Crippen LogP contribution >= 0.6 is 11.6 Å². The Hall–Kier alpha value is -2.44. The molecule has 1 fully saturated rings. The molecule has 2 aromatic carbocycles. The number of carbonyl (C=O) groups excluding carboxylic acids is 1. The lowest BCUT2D eigenvalue weighted by Gasteiger charge is -2.07. The number of para-hydroxylation sites is 1. The fourth-order valence-corrected chi connectivity index (χ4v) is 2.13. The van der Waals surface area contributed by atoms with Crippen molar-refractivity contribution < 1.29 is 9.53 Å². The summed E-state index contributed by atoms with van der Waals surface area (Å²) in [7, 11) is 0. The van der Waals surface area contributed by atoms with Gasteiger partial charge in [-0.2, -0.15) is 0 Å². The maximum Gasteiger partial charge on any atom is 0.417 e. The molecule has 0 saturated heterocycles. The standard InChI is InChI=1S/C19H16ClNO2/c1-19(11-12-19)10-9-14-13-15(7-8-17(14)20)21-18(22)23-16-5-3-2-4-6-16/h2-8,13H,11-12H2,1H3,(H,21,22). The van der Waals surface area contributed by atoms with E-state index in [1.165, 1.54) is 0 Å². The minimum absolute atomic E-state index is 0.124. The van der Waals surface area contributed by atoms with Crippen molar-refractivity contribution in [3.8, 4) is 17.6 Å². The second-order valence-electron chi connectivity index (χ2n) is 5.83. The molecule has 3 rings (SSSR count). The number of rotatable bonds is 2. The zero-order valence-electron chi connectivity index (χ0n) is 12.7. The van der Waals surface area contributed by atoms with E-state index in [9.17, 15) is 4.79 Å². The van der Waals surface area contributed by atoms with E-state index in [-0.39, 0.29) is 5.41 Å². The number of halogens is 1. The van der Waals surface area contributed by atoms with Gasteiger partial charge in [0.25, 0.3) is 0 Å². The molecule has 1 aliphatic carbocycles.